The maximum Gasteiger partial charge on any atom is 0.119 e. The largest absolute Gasteiger partial charge is 0.493 e. The second-order valence-electron chi connectivity index (χ2n) is 3.48. The molecule has 1 aromatic rings. The number of alkyl halides is 1. The predicted octanol–water partition coefficient (Wildman–Crippen LogP) is 3.90. The summed E-state index contributed by atoms with van der Waals surface area (Å²) in [7, 11) is 0. The van der Waals surface area contributed by atoms with Crippen molar-refractivity contribution in [1.29, 1.82) is 0 Å². The molecule has 0 aromatic heterocycles. The van der Waals surface area contributed by atoms with E-state index >= 15 is 0 Å². The van der Waals surface area contributed by atoms with Crippen LogP contribution in [0, 0.1) is 12.8 Å². The average molecular weight is 233 g/mol. The Bertz CT molecular complexity index is 299. The Morgan fingerprint density at radius 1 is 1.43 bits per heavy atom. The monoisotopic (exact) mass is 232 g/mol. The molecule has 1 atom stereocenters. The normalized spacial score (nSPS) is 12.6. The smallest absolute Gasteiger partial charge is 0.119 e. The summed E-state index contributed by atoms with van der Waals surface area (Å²) in [6.07, 6.45) is 0. The average Bonchev–Trinajstić information content (AvgIpc) is 2.19. The number of aryl methyl sites for hydroxylation is 1. The van der Waals surface area contributed by atoms with Gasteiger partial charge >= 0.3 is 0 Å². The first-order valence-electron chi connectivity index (χ1n) is 4.58. The van der Waals surface area contributed by atoms with Crippen molar-refractivity contribution in [3.8, 4) is 5.75 Å². The number of hydrogen-bond acceptors (Lipinski definition) is 1. The van der Waals surface area contributed by atoms with Crippen LogP contribution in [-0.4, -0.2) is 12.5 Å². The molecule has 0 bridgehead atoms. The third-order valence-electron chi connectivity index (χ3n) is 1.93. The van der Waals surface area contributed by atoms with E-state index in [1.807, 2.05) is 25.1 Å². The van der Waals surface area contributed by atoms with Crippen LogP contribution in [0.4, 0.5) is 0 Å². The van der Waals surface area contributed by atoms with E-state index in [9.17, 15) is 0 Å². The van der Waals surface area contributed by atoms with Gasteiger partial charge in [0.25, 0.3) is 0 Å². The lowest BCUT2D eigenvalue weighted by Gasteiger charge is -2.10. The number of ether oxygens (including phenoxy) is 1. The molecule has 0 heterocycles. The zero-order valence-corrected chi connectivity index (χ0v) is 9.90. The van der Waals surface area contributed by atoms with Crippen molar-refractivity contribution in [1.82, 2.24) is 0 Å². The highest BCUT2D eigenvalue weighted by Gasteiger charge is 2.02. The maximum atomic E-state index is 5.89. The van der Waals surface area contributed by atoms with Gasteiger partial charge in [-0.25, -0.2) is 0 Å². The van der Waals surface area contributed by atoms with Gasteiger partial charge in [0.1, 0.15) is 5.75 Å². The fourth-order valence-electron chi connectivity index (χ4n) is 0.990. The van der Waals surface area contributed by atoms with Crippen molar-refractivity contribution in [2.24, 2.45) is 5.92 Å². The van der Waals surface area contributed by atoms with Crippen molar-refractivity contribution in [3.05, 3.63) is 28.8 Å². The standard InChI is InChI=1S/C11H14Cl2O/c1-8(6-12)7-14-10-3-4-11(13)9(2)5-10/h3-5,8H,6-7H2,1-2H3. The minimum Gasteiger partial charge on any atom is -0.493 e. The van der Waals surface area contributed by atoms with E-state index < -0.39 is 0 Å². The number of rotatable bonds is 4. The Morgan fingerprint density at radius 3 is 2.71 bits per heavy atom. The van der Waals surface area contributed by atoms with Crippen LogP contribution in [0.3, 0.4) is 0 Å². The SMILES string of the molecule is Cc1cc(OCC(C)CCl)ccc1Cl. The molecule has 1 aromatic carbocycles. The molecular formula is C11H14Cl2O. The molecule has 0 amide bonds. The summed E-state index contributed by atoms with van der Waals surface area (Å²) in [5.41, 5.74) is 1.03. The van der Waals surface area contributed by atoms with Crippen LogP contribution >= 0.6 is 23.2 Å². The van der Waals surface area contributed by atoms with Crippen LogP contribution in [0.1, 0.15) is 12.5 Å². The van der Waals surface area contributed by atoms with Gasteiger partial charge in [-0.05, 0) is 30.7 Å². The summed E-state index contributed by atoms with van der Waals surface area (Å²) >= 11 is 11.6. The van der Waals surface area contributed by atoms with E-state index in [1.54, 1.807) is 0 Å². The van der Waals surface area contributed by atoms with E-state index in [2.05, 4.69) is 6.92 Å². The molecule has 0 aliphatic carbocycles. The Kier molecular flexibility index (Phi) is 4.56. The van der Waals surface area contributed by atoms with E-state index in [0.29, 0.717) is 18.4 Å². The topological polar surface area (TPSA) is 9.23 Å². The summed E-state index contributed by atoms with van der Waals surface area (Å²) in [5.74, 6) is 1.84. The fourth-order valence-corrected chi connectivity index (χ4v) is 1.20. The molecule has 0 aliphatic heterocycles. The van der Waals surface area contributed by atoms with E-state index in [4.69, 9.17) is 27.9 Å². The lowest BCUT2D eigenvalue weighted by molar-refractivity contribution is 0.272. The first kappa shape index (κ1) is 11.7. The highest BCUT2D eigenvalue weighted by molar-refractivity contribution is 6.31. The van der Waals surface area contributed by atoms with E-state index in [1.165, 1.54) is 0 Å². The first-order valence-corrected chi connectivity index (χ1v) is 5.49. The molecule has 0 N–H and O–H groups in total. The summed E-state index contributed by atoms with van der Waals surface area (Å²) < 4.78 is 5.55. The molecule has 14 heavy (non-hydrogen) atoms. The van der Waals surface area contributed by atoms with Gasteiger partial charge in [-0.2, -0.15) is 0 Å². The van der Waals surface area contributed by atoms with Crippen LogP contribution in [0.15, 0.2) is 18.2 Å². The van der Waals surface area contributed by atoms with Crippen LogP contribution in [-0.2, 0) is 0 Å². The molecular weight excluding hydrogens is 219 g/mol. The number of hydrogen-bond donors (Lipinski definition) is 0. The molecule has 0 aliphatic rings. The van der Waals surface area contributed by atoms with Crippen molar-refractivity contribution in [2.75, 3.05) is 12.5 Å². The van der Waals surface area contributed by atoms with Gasteiger partial charge in [-0.1, -0.05) is 18.5 Å². The second-order valence-corrected chi connectivity index (χ2v) is 4.20. The van der Waals surface area contributed by atoms with Gasteiger partial charge in [0.05, 0.1) is 6.61 Å². The predicted molar refractivity (Wildman–Crippen MR) is 61.6 cm³/mol. The summed E-state index contributed by atoms with van der Waals surface area (Å²) in [5, 5.41) is 0.766. The molecule has 3 heteroatoms. The summed E-state index contributed by atoms with van der Waals surface area (Å²) in [6, 6.07) is 5.65. The van der Waals surface area contributed by atoms with Crippen molar-refractivity contribution in [3.63, 3.8) is 0 Å². The van der Waals surface area contributed by atoms with Gasteiger partial charge in [0.2, 0.25) is 0 Å². The first-order chi connectivity index (χ1) is 6.63. The van der Waals surface area contributed by atoms with Gasteiger partial charge < -0.3 is 4.74 Å². The molecule has 0 fully saturated rings. The minimum atomic E-state index is 0.368. The molecule has 0 spiro atoms. The summed E-state index contributed by atoms with van der Waals surface area (Å²) in [4.78, 5) is 0. The molecule has 0 saturated carbocycles. The zero-order valence-electron chi connectivity index (χ0n) is 8.39. The van der Waals surface area contributed by atoms with Gasteiger partial charge in [0, 0.05) is 16.8 Å². The molecule has 0 saturated heterocycles. The van der Waals surface area contributed by atoms with Crippen LogP contribution in [0.2, 0.25) is 5.02 Å². The van der Waals surface area contributed by atoms with Gasteiger partial charge in [-0.15, -0.1) is 11.6 Å². The molecule has 1 nitrogen and oxygen atoms in total. The minimum absolute atomic E-state index is 0.368. The van der Waals surface area contributed by atoms with Crippen molar-refractivity contribution < 1.29 is 4.74 Å². The molecule has 1 rings (SSSR count). The third-order valence-corrected chi connectivity index (χ3v) is 2.88. The zero-order chi connectivity index (χ0) is 10.6. The molecule has 78 valence electrons. The van der Waals surface area contributed by atoms with Crippen LogP contribution < -0.4 is 4.74 Å². The third kappa shape index (κ3) is 3.39. The van der Waals surface area contributed by atoms with Gasteiger partial charge in [-0.3, -0.25) is 0 Å². The van der Waals surface area contributed by atoms with E-state index in [-0.39, 0.29) is 0 Å². The quantitative estimate of drug-likeness (QED) is 0.716. The fraction of sp³-hybridized carbons (Fsp3) is 0.455. The van der Waals surface area contributed by atoms with Crippen molar-refractivity contribution >= 4 is 23.2 Å². The molecule has 1 unspecified atom stereocenters. The van der Waals surface area contributed by atoms with Crippen molar-refractivity contribution in [2.45, 2.75) is 13.8 Å². The summed E-state index contributed by atoms with van der Waals surface area (Å²) in [6.45, 7) is 4.65. The van der Waals surface area contributed by atoms with Crippen LogP contribution in [0.5, 0.6) is 5.75 Å². The Hall–Kier alpha value is -0.400. The lowest BCUT2D eigenvalue weighted by Crippen LogP contribution is -2.09. The van der Waals surface area contributed by atoms with E-state index in [0.717, 1.165) is 16.3 Å². The Labute approximate surface area is 95.0 Å². The Morgan fingerprint density at radius 2 is 2.14 bits per heavy atom. The van der Waals surface area contributed by atoms with Gasteiger partial charge in [0.15, 0.2) is 0 Å². The molecule has 0 radical (unpaired) electrons. The Balaban J connectivity index is 2.55. The number of benzene rings is 1. The lowest BCUT2D eigenvalue weighted by atomic mass is 10.2. The number of halogens is 2. The second kappa shape index (κ2) is 5.47. The highest BCUT2D eigenvalue weighted by atomic mass is 35.5. The van der Waals surface area contributed by atoms with Crippen LogP contribution in [0.25, 0.3) is 0 Å². The highest BCUT2D eigenvalue weighted by Crippen LogP contribution is 2.21. The maximum absolute atomic E-state index is 5.89.